The Bertz CT molecular complexity index is 546. The third-order valence-corrected chi connectivity index (χ3v) is 4.73. The fourth-order valence-electron chi connectivity index (χ4n) is 1.28. The molecule has 20 heavy (non-hydrogen) atoms. The molecule has 0 spiro atoms. The SMILES string of the molecule is CC(N)CCNC(=O)c1sccc1S(=O)(=O)C(F)F.Cl. The topological polar surface area (TPSA) is 89.3 Å². The lowest BCUT2D eigenvalue weighted by molar-refractivity contribution is 0.0954. The normalized spacial score (nSPS) is 12.8. The van der Waals surface area contributed by atoms with Gasteiger partial charge in [-0.25, -0.2) is 8.42 Å². The summed E-state index contributed by atoms with van der Waals surface area (Å²) in [6.07, 6.45) is 0.508. The molecule has 0 aliphatic carbocycles. The van der Waals surface area contributed by atoms with E-state index < -0.39 is 26.4 Å². The Morgan fingerprint density at radius 1 is 1.50 bits per heavy atom. The number of nitrogens with one attached hydrogen (secondary N) is 1. The standard InChI is InChI=1S/C10H14F2N2O3S2.ClH/c1-6(13)2-4-14-9(15)8-7(3-5-18-8)19(16,17)10(11)12;/h3,5-6,10H,2,4,13H2,1H3,(H,14,15);1H. The van der Waals surface area contributed by atoms with E-state index in [0.29, 0.717) is 6.42 Å². The molecule has 1 aromatic rings. The maximum absolute atomic E-state index is 12.4. The quantitative estimate of drug-likeness (QED) is 0.817. The van der Waals surface area contributed by atoms with Crippen molar-refractivity contribution in [1.29, 1.82) is 0 Å². The van der Waals surface area contributed by atoms with Gasteiger partial charge in [-0.2, -0.15) is 8.78 Å². The molecule has 1 heterocycles. The highest BCUT2D eigenvalue weighted by Crippen LogP contribution is 2.26. The summed E-state index contributed by atoms with van der Waals surface area (Å²) in [5.74, 6) is -4.23. The van der Waals surface area contributed by atoms with Gasteiger partial charge in [-0.05, 0) is 24.8 Å². The number of nitrogens with two attached hydrogens (primary N) is 1. The van der Waals surface area contributed by atoms with Crippen LogP contribution in [0.4, 0.5) is 8.78 Å². The molecule has 1 amide bonds. The van der Waals surface area contributed by atoms with E-state index in [2.05, 4.69) is 5.32 Å². The van der Waals surface area contributed by atoms with Crippen molar-refractivity contribution in [2.24, 2.45) is 5.73 Å². The monoisotopic (exact) mass is 348 g/mol. The second kappa shape index (κ2) is 7.87. The molecule has 1 aromatic heterocycles. The largest absolute Gasteiger partial charge is 0.351 e. The summed E-state index contributed by atoms with van der Waals surface area (Å²) in [5, 5.41) is 3.74. The Hall–Kier alpha value is -0.770. The fraction of sp³-hybridized carbons (Fsp3) is 0.500. The van der Waals surface area contributed by atoms with Gasteiger partial charge in [0.25, 0.3) is 5.91 Å². The Morgan fingerprint density at radius 3 is 2.60 bits per heavy atom. The number of halogens is 3. The van der Waals surface area contributed by atoms with Gasteiger partial charge in [0.05, 0.1) is 4.90 Å². The first-order valence-electron chi connectivity index (χ1n) is 5.40. The van der Waals surface area contributed by atoms with E-state index in [9.17, 15) is 22.0 Å². The highest BCUT2D eigenvalue weighted by Gasteiger charge is 2.31. The van der Waals surface area contributed by atoms with E-state index in [1.165, 1.54) is 5.38 Å². The van der Waals surface area contributed by atoms with Gasteiger partial charge in [-0.3, -0.25) is 4.79 Å². The van der Waals surface area contributed by atoms with Crippen molar-refractivity contribution in [3.05, 3.63) is 16.3 Å². The zero-order valence-corrected chi connectivity index (χ0v) is 13.0. The van der Waals surface area contributed by atoms with E-state index in [1.54, 1.807) is 6.92 Å². The van der Waals surface area contributed by atoms with Crippen molar-refractivity contribution in [2.75, 3.05) is 6.54 Å². The second-order valence-electron chi connectivity index (χ2n) is 3.94. The van der Waals surface area contributed by atoms with Gasteiger partial charge in [0.15, 0.2) is 0 Å². The third kappa shape index (κ3) is 4.65. The predicted molar refractivity (Wildman–Crippen MR) is 75.4 cm³/mol. The molecule has 0 radical (unpaired) electrons. The van der Waals surface area contributed by atoms with Crippen LogP contribution in [0, 0.1) is 0 Å². The van der Waals surface area contributed by atoms with Gasteiger partial charge in [0.2, 0.25) is 9.84 Å². The number of alkyl halides is 2. The summed E-state index contributed by atoms with van der Waals surface area (Å²) in [6.45, 7) is 2.01. The number of amides is 1. The lowest BCUT2D eigenvalue weighted by Crippen LogP contribution is -2.29. The molecule has 0 bridgehead atoms. The molecule has 10 heteroatoms. The Morgan fingerprint density at radius 2 is 2.10 bits per heavy atom. The molecule has 5 nitrogen and oxygen atoms in total. The van der Waals surface area contributed by atoms with E-state index in [4.69, 9.17) is 5.73 Å². The lowest BCUT2D eigenvalue weighted by atomic mass is 10.2. The first kappa shape index (κ1) is 19.2. The number of hydrogen-bond donors (Lipinski definition) is 2. The first-order chi connectivity index (χ1) is 8.76. The maximum Gasteiger partial charge on any atom is 0.341 e. The maximum atomic E-state index is 12.4. The fourth-order valence-corrected chi connectivity index (χ4v) is 3.36. The molecule has 116 valence electrons. The molecule has 1 atom stereocenters. The van der Waals surface area contributed by atoms with Crippen molar-refractivity contribution in [3.8, 4) is 0 Å². The van der Waals surface area contributed by atoms with Crippen molar-refractivity contribution in [1.82, 2.24) is 5.32 Å². The first-order valence-corrected chi connectivity index (χ1v) is 7.82. The average Bonchev–Trinajstić information content (AvgIpc) is 2.77. The molecule has 0 fully saturated rings. The van der Waals surface area contributed by atoms with Crippen LogP contribution < -0.4 is 11.1 Å². The van der Waals surface area contributed by atoms with Crippen molar-refractivity contribution in [2.45, 2.75) is 30.0 Å². The molecule has 0 aliphatic rings. The molecule has 0 aliphatic heterocycles. The van der Waals surface area contributed by atoms with Crippen LogP contribution in [0.3, 0.4) is 0 Å². The van der Waals surface area contributed by atoms with Crippen molar-refractivity contribution in [3.63, 3.8) is 0 Å². The van der Waals surface area contributed by atoms with E-state index in [0.717, 1.165) is 17.4 Å². The molecule has 3 N–H and O–H groups in total. The number of thiophene rings is 1. The van der Waals surface area contributed by atoms with Crippen LogP contribution in [0.2, 0.25) is 0 Å². The number of hydrogen-bond acceptors (Lipinski definition) is 5. The summed E-state index contributed by atoms with van der Waals surface area (Å²) >= 11 is 0.805. The summed E-state index contributed by atoms with van der Waals surface area (Å²) < 4.78 is 47.6. The molecular formula is C10H15ClF2N2O3S2. The zero-order chi connectivity index (χ0) is 14.6. The van der Waals surface area contributed by atoms with Crippen molar-refractivity contribution >= 4 is 39.5 Å². The second-order valence-corrected chi connectivity index (χ2v) is 6.74. The highest BCUT2D eigenvalue weighted by atomic mass is 35.5. The molecular weight excluding hydrogens is 334 g/mol. The minimum absolute atomic E-state index is 0. The summed E-state index contributed by atoms with van der Waals surface area (Å²) in [7, 11) is -4.76. The molecule has 0 saturated heterocycles. The van der Waals surface area contributed by atoms with Crippen LogP contribution in [0.5, 0.6) is 0 Å². The highest BCUT2D eigenvalue weighted by molar-refractivity contribution is 7.92. The summed E-state index contributed by atoms with van der Waals surface area (Å²) in [6, 6.07) is 0.889. The van der Waals surface area contributed by atoms with Crippen LogP contribution >= 0.6 is 23.7 Å². The van der Waals surface area contributed by atoms with Crippen molar-refractivity contribution < 1.29 is 22.0 Å². The summed E-state index contributed by atoms with van der Waals surface area (Å²) in [4.78, 5) is 10.9. The van der Waals surface area contributed by atoms with Gasteiger partial charge in [-0.1, -0.05) is 0 Å². The van der Waals surface area contributed by atoms with Gasteiger partial charge < -0.3 is 11.1 Å². The lowest BCUT2D eigenvalue weighted by Gasteiger charge is -2.08. The average molecular weight is 349 g/mol. The Labute approximate surface area is 125 Å². The van der Waals surface area contributed by atoms with Crippen LogP contribution in [0.15, 0.2) is 16.3 Å². The molecule has 1 unspecified atom stereocenters. The minimum atomic E-state index is -4.76. The van der Waals surface area contributed by atoms with E-state index in [-0.39, 0.29) is 29.9 Å². The Balaban J connectivity index is 0.00000361. The number of carbonyl (C=O) groups is 1. The van der Waals surface area contributed by atoms with Crippen LogP contribution in [-0.2, 0) is 9.84 Å². The molecule has 0 saturated carbocycles. The molecule has 0 aromatic carbocycles. The van der Waals surface area contributed by atoms with Crippen LogP contribution in [0.25, 0.3) is 0 Å². The number of carbonyl (C=O) groups excluding carboxylic acids is 1. The third-order valence-electron chi connectivity index (χ3n) is 2.26. The minimum Gasteiger partial charge on any atom is -0.351 e. The smallest absolute Gasteiger partial charge is 0.341 e. The Kier molecular flexibility index (Phi) is 7.56. The number of sulfone groups is 1. The predicted octanol–water partition coefficient (Wildman–Crippen LogP) is 1.63. The zero-order valence-electron chi connectivity index (χ0n) is 10.5. The van der Waals surface area contributed by atoms with Gasteiger partial charge >= 0.3 is 5.76 Å². The van der Waals surface area contributed by atoms with Gasteiger partial charge in [0, 0.05) is 12.6 Å². The summed E-state index contributed by atoms with van der Waals surface area (Å²) in [5.41, 5.74) is 5.49. The van der Waals surface area contributed by atoms with Gasteiger partial charge in [-0.15, -0.1) is 23.7 Å². The molecule has 1 rings (SSSR count). The van der Waals surface area contributed by atoms with Crippen LogP contribution in [-0.4, -0.2) is 32.7 Å². The van der Waals surface area contributed by atoms with E-state index in [1.807, 2.05) is 0 Å². The van der Waals surface area contributed by atoms with Gasteiger partial charge in [0.1, 0.15) is 4.88 Å². The van der Waals surface area contributed by atoms with Crippen LogP contribution in [0.1, 0.15) is 23.0 Å². The van der Waals surface area contributed by atoms with E-state index >= 15 is 0 Å². The number of rotatable bonds is 6.